The average Bonchev–Trinajstić information content (AvgIpc) is 2.71. The summed E-state index contributed by atoms with van der Waals surface area (Å²) in [6, 6.07) is 4.00. The molecule has 0 bridgehead atoms. The summed E-state index contributed by atoms with van der Waals surface area (Å²) < 4.78 is 0. The molecule has 1 aromatic carbocycles. The molecule has 1 heterocycles. The summed E-state index contributed by atoms with van der Waals surface area (Å²) in [6.07, 6.45) is 0.885. The third-order valence-corrected chi connectivity index (χ3v) is 3.49. The number of imide groups is 1. The molecule has 1 aliphatic rings. The van der Waals surface area contributed by atoms with Crippen LogP contribution in [0.15, 0.2) is 18.2 Å². The predicted molar refractivity (Wildman–Crippen MR) is 74.8 cm³/mol. The molecule has 1 atom stereocenters. The van der Waals surface area contributed by atoms with Gasteiger partial charge in [0, 0.05) is 13.5 Å². The molecule has 0 saturated carbocycles. The lowest BCUT2D eigenvalue weighted by Gasteiger charge is -2.24. The molecule has 0 fully saturated rings. The summed E-state index contributed by atoms with van der Waals surface area (Å²) in [6.45, 7) is 1.82. The molecule has 6 heteroatoms. The normalized spacial score (nSPS) is 14.9. The Morgan fingerprint density at radius 3 is 2.57 bits per heavy atom. The van der Waals surface area contributed by atoms with Crippen LogP contribution in [-0.4, -0.2) is 42.0 Å². The molecule has 3 amide bonds. The number of fused-ring (bicyclic) bond motifs is 1. The fourth-order valence-corrected chi connectivity index (χ4v) is 2.43. The highest BCUT2D eigenvalue weighted by Crippen LogP contribution is 2.27. The molecule has 0 radical (unpaired) electrons. The van der Waals surface area contributed by atoms with E-state index in [4.69, 9.17) is 0 Å². The van der Waals surface area contributed by atoms with Crippen molar-refractivity contribution in [2.24, 2.45) is 0 Å². The molecule has 1 aliphatic heterocycles. The van der Waals surface area contributed by atoms with Crippen LogP contribution < -0.4 is 5.32 Å². The smallest absolute Gasteiger partial charge is 0.262 e. The summed E-state index contributed by atoms with van der Waals surface area (Å²) in [4.78, 5) is 48.2. The van der Waals surface area contributed by atoms with E-state index in [1.54, 1.807) is 18.2 Å². The molecule has 1 aromatic rings. The Morgan fingerprint density at radius 1 is 1.29 bits per heavy atom. The summed E-state index contributed by atoms with van der Waals surface area (Å²) in [5.41, 5.74) is 1.46. The maximum atomic E-state index is 12.4. The molecule has 1 unspecified atom stereocenters. The van der Waals surface area contributed by atoms with E-state index in [1.807, 2.05) is 6.92 Å². The van der Waals surface area contributed by atoms with E-state index in [0.29, 0.717) is 17.4 Å². The van der Waals surface area contributed by atoms with Gasteiger partial charge >= 0.3 is 0 Å². The second kappa shape index (κ2) is 5.87. The minimum absolute atomic E-state index is 0.102. The number of carbonyl (C=O) groups is 4. The highest BCUT2D eigenvalue weighted by molar-refractivity contribution is 6.22. The van der Waals surface area contributed by atoms with Gasteiger partial charge in [0.2, 0.25) is 5.91 Å². The number of nitrogens with zero attached hydrogens (tertiary/aromatic N) is 1. The highest BCUT2D eigenvalue weighted by atomic mass is 16.2. The molecule has 0 saturated heterocycles. The fraction of sp³-hybridized carbons (Fsp3) is 0.333. The SMILES string of the molecule is CNC(=O)C(CCC=O)N1C(=O)c2ccc(C)cc2C1=O. The van der Waals surface area contributed by atoms with Crippen LogP contribution >= 0.6 is 0 Å². The predicted octanol–water partition coefficient (Wildman–Crippen LogP) is 0.685. The second-order valence-electron chi connectivity index (χ2n) is 4.90. The molecule has 2 rings (SSSR count). The van der Waals surface area contributed by atoms with E-state index in [0.717, 1.165) is 10.5 Å². The Hall–Kier alpha value is -2.50. The van der Waals surface area contributed by atoms with E-state index in [2.05, 4.69) is 5.32 Å². The van der Waals surface area contributed by atoms with Crippen molar-refractivity contribution in [1.29, 1.82) is 0 Å². The quantitative estimate of drug-likeness (QED) is 0.638. The Labute approximate surface area is 122 Å². The number of hydrogen-bond donors (Lipinski definition) is 1. The van der Waals surface area contributed by atoms with Crippen LogP contribution in [0.4, 0.5) is 0 Å². The van der Waals surface area contributed by atoms with Gasteiger partial charge < -0.3 is 10.1 Å². The van der Waals surface area contributed by atoms with Crippen LogP contribution in [0.25, 0.3) is 0 Å². The number of aldehydes is 1. The first-order chi connectivity index (χ1) is 10.0. The molecule has 21 heavy (non-hydrogen) atoms. The fourth-order valence-electron chi connectivity index (χ4n) is 2.43. The van der Waals surface area contributed by atoms with Gasteiger partial charge in [-0.25, -0.2) is 0 Å². The average molecular weight is 288 g/mol. The van der Waals surface area contributed by atoms with Crippen molar-refractivity contribution in [2.75, 3.05) is 7.05 Å². The minimum atomic E-state index is -0.965. The van der Waals surface area contributed by atoms with Crippen LogP contribution in [0.3, 0.4) is 0 Å². The first-order valence-corrected chi connectivity index (χ1v) is 6.65. The first-order valence-electron chi connectivity index (χ1n) is 6.65. The van der Waals surface area contributed by atoms with E-state index in [1.165, 1.54) is 7.05 Å². The Balaban J connectivity index is 2.39. The third kappa shape index (κ3) is 2.56. The Bertz CT molecular complexity index is 624. The van der Waals surface area contributed by atoms with Crippen LogP contribution in [0.1, 0.15) is 39.1 Å². The number of nitrogens with one attached hydrogen (secondary N) is 1. The monoisotopic (exact) mass is 288 g/mol. The minimum Gasteiger partial charge on any atom is -0.357 e. The number of amides is 3. The molecule has 110 valence electrons. The van der Waals surface area contributed by atoms with Crippen molar-refractivity contribution in [3.05, 3.63) is 34.9 Å². The molecule has 6 nitrogen and oxygen atoms in total. The first kappa shape index (κ1) is 14.9. The standard InChI is InChI=1S/C15H16N2O4/c1-9-5-6-10-11(8-9)15(21)17(14(10)20)12(4-3-7-18)13(19)16-2/h5-8,12H,3-4H2,1-2H3,(H,16,19). The van der Waals surface area contributed by atoms with Gasteiger partial charge in [0.25, 0.3) is 11.8 Å². The van der Waals surface area contributed by atoms with Crippen molar-refractivity contribution in [3.8, 4) is 0 Å². The highest BCUT2D eigenvalue weighted by Gasteiger charge is 2.42. The zero-order valence-electron chi connectivity index (χ0n) is 11.9. The van der Waals surface area contributed by atoms with Crippen LogP contribution in [0.5, 0.6) is 0 Å². The largest absolute Gasteiger partial charge is 0.357 e. The van der Waals surface area contributed by atoms with Gasteiger partial charge in [-0.05, 0) is 25.5 Å². The van der Waals surface area contributed by atoms with E-state index >= 15 is 0 Å². The molecule has 1 N–H and O–H groups in total. The van der Waals surface area contributed by atoms with Gasteiger partial charge in [-0.1, -0.05) is 11.6 Å². The number of hydrogen-bond acceptors (Lipinski definition) is 4. The topological polar surface area (TPSA) is 83.6 Å². The van der Waals surface area contributed by atoms with Gasteiger partial charge in [0.15, 0.2) is 0 Å². The maximum Gasteiger partial charge on any atom is 0.262 e. The van der Waals surface area contributed by atoms with E-state index in [9.17, 15) is 19.2 Å². The molecule has 0 spiro atoms. The summed E-state index contributed by atoms with van der Waals surface area (Å²) in [7, 11) is 1.43. The van der Waals surface area contributed by atoms with Crippen molar-refractivity contribution >= 4 is 24.0 Å². The molecular formula is C15H16N2O4. The van der Waals surface area contributed by atoms with E-state index in [-0.39, 0.29) is 12.8 Å². The summed E-state index contributed by atoms with van der Waals surface area (Å²) in [5, 5.41) is 2.43. The van der Waals surface area contributed by atoms with Crippen molar-refractivity contribution in [2.45, 2.75) is 25.8 Å². The Morgan fingerprint density at radius 2 is 1.95 bits per heavy atom. The number of carbonyl (C=O) groups excluding carboxylic acids is 4. The zero-order valence-corrected chi connectivity index (χ0v) is 11.9. The number of rotatable bonds is 5. The Kier molecular flexibility index (Phi) is 4.16. The number of benzene rings is 1. The third-order valence-electron chi connectivity index (χ3n) is 3.49. The summed E-state index contributed by atoms with van der Waals surface area (Å²) >= 11 is 0. The van der Waals surface area contributed by atoms with Gasteiger partial charge in [0.1, 0.15) is 12.3 Å². The zero-order chi connectivity index (χ0) is 15.6. The van der Waals surface area contributed by atoms with Crippen LogP contribution in [0.2, 0.25) is 0 Å². The van der Waals surface area contributed by atoms with Gasteiger partial charge in [-0.2, -0.15) is 0 Å². The second-order valence-corrected chi connectivity index (χ2v) is 4.90. The lowest BCUT2D eigenvalue weighted by Crippen LogP contribution is -2.48. The van der Waals surface area contributed by atoms with Crippen LogP contribution in [0, 0.1) is 6.92 Å². The maximum absolute atomic E-state index is 12.4. The van der Waals surface area contributed by atoms with Crippen molar-refractivity contribution < 1.29 is 19.2 Å². The van der Waals surface area contributed by atoms with Crippen molar-refractivity contribution in [3.63, 3.8) is 0 Å². The molecule has 0 aromatic heterocycles. The van der Waals surface area contributed by atoms with Gasteiger partial charge in [-0.3, -0.25) is 19.3 Å². The van der Waals surface area contributed by atoms with Gasteiger partial charge in [-0.15, -0.1) is 0 Å². The number of aryl methyl sites for hydroxylation is 1. The molecular weight excluding hydrogens is 272 g/mol. The van der Waals surface area contributed by atoms with Crippen molar-refractivity contribution in [1.82, 2.24) is 10.2 Å². The van der Waals surface area contributed by atoms with Crippen LogP contribution in [-0.2, 0) is 9.59 Å². The lowest BCUT2D eigenvalue weighted by molar-refractivity contribution is -0.124. The van der Waals surface area contributed by atoms with E-state index < -0.39 is 23.8 Å². The summed E-state index contributed by atoms with van der Waals surface area (Å²) in [5.74, 6) is -1.43. The number of likely N-dealkylation sites (N-methyl/N-ethyl adjacent to an activating group) is 1. The van der Waals surface area contributed by atoms with Gasteiger partial charge in [0.05, 0.1) is 11.1 Å². The molecule has 0 aliphatic carbocycles. The lowest BCUT2D eigenvalue weighted by atomic mass is 10.1.